The molecule has 0 aliphatic rings. The molecule has 0 aliphatic heterocycles. The molecule has 0 amide bonds. The van der Waals surface area contributed by atoms with Gasteiger partial charge in [0.1, 0.15) is 11.5 Å². The Morgan fingerprint density at radius 2 is 1.21 bits per heavy atom. The Morgan fingerprint density at radius 3 is 1.79 bits per heavy atom. The maximum atomic E-state index is 14.7. The SMILES string of the molecule is COc1cc(C(=O)c2cc(-c3nc4ccccc4[nH]3)c(-c3cc(OC)c(OC)c(OC)c3)n3c2nc2ccccc23)cc(OC)c1OC. The number of aromatic nitrogens is 4. The van der Waals surface area contributed by atoms with Crippen molar-refractivity contribution in [1.29, 1.82) is 0 Å². The molecule has 7 rings (SSSR count). The molecule has 0 atom stereocenters. The molecule has 0 fully saturated rings. The molecule has 0 saturated heterocycles. The number of ketones is 1. The lowest BCUT2D eigenvalue weighted by atomic mass is 9.97. The first-order chi connectivity index (χ1) is 23.4. The summed E-state index contributed by atoms with van der Waals surface area (Å²) in [5, 5.41) is 0. The average molecular weight is 645 g/mol. The van der Waals surface area contributed by atoms with Crippen LogP contribution in [0, 0.1) is 0 Å². The van der Waals surface area contributed by atoms with Crippen LogP contribution in [-0.4, -0.2) is 67.8 Å². The summed E-state index contributed by atoms with van der Waals surface area (Å²) < 4.78 is 35.8. The predicted octanol–water partition coefficient (Wildman–Crippen LogP) is 6.98. The third-order valence-electron chi connectivity index (χ3n) is 8.32. The topological polar surface area (TPSA) is 118 Å². The van der Waals surface area contributed by atoms with E-state index < -0.39 is 0 Å². The Bertz CT molecular complexity index is 2280. The number of aromatic amines is 1. The van der Waals surface area contributed by atoms with Gasteiger partial charge in [0, 0.05) is 16.7 Å². The lowest BCUT2D eigenvalue weighted by Gasteiger charge is -2.19. The second kappa shape index (κ2) is 12.2. The van der Waals surface area contributed by atoms with Crippen LogP contribution in [0.15, 0.2) is 78.9 Å². The number of hydrogen-bond acceptors (Lipinski definition) is 9. The van der Waals surface area contributed by atoms with Crippen LogP contribution in [0.25, 0.3) is 50.4 Å². The summed E-state index contributed by atoms with van der Waals surface area (Å²) in [7, 11) is 9.24. The Balaban J connectivity index is 1.62. The van der Waals surface area contributed by atoms with Gasteiger partial charge < -0.3 is 33.4 Å². The molecule has 0 unspecified atom stereocenters. The van der Waals surface area contributed by atoms with E-state index in [-0.39, 0.29) is 5.78 Å². The van der Waals surface area contributed by atoms with Crippen LogP contribution in [-0.2, 0) is 0 Å². The summed E-state index contributed by atoms with van der Waals surface area (Å²) in [6.45, 7) is 0. The third-order valence-corrected chi connectivity index (χ3v) is 8.32. The zero-order valence-electron chi connectivity index (χ0n) is 27.2. The zero-order valence-corrected chi connectivity index (χ0v) is 27.2. The van der Waals surface area contributed by atoms with E-state index in [1.54, 1.807) is 33.5 Å². The number of para-hydroxylation sites is 4. The molecule has 3 aromatic heterocycles. The maximum Gasteiger partial charge on any atom is 0.203 e. The van der Waals surface area contributed by atoms with Crippen molar-refractivity contribution in [2.45, 2.75) is 0 Å². The second-order valence-corrected chi connectivity index (χ2v) is 10.8. The monoisotopic (exact) mass is 644 g/mol. The Kier molecular flexibility index (Phi) is 7.72. The van der Waals surface area contributed by atoms with E-state index in [2.05, 4.69) is 4.98 Å². The highest BCUT2D eigenvalue weighted by molar-refractivity contribution is 6.15. The van der Waals surface area contributed by atoms with Crippen molar-refractivity contribution < 1.29 is 33.2 Å². The number of nitrogens with one attached hydrogen (secondary N) is 1. The molecule has 0 spiro atoms. The van der Waals surface area contributed by atoms with Crippen LogP contribution in [0.4, 0.5) is 0 Å². The van der Waals surface area contributed by atoms with Crippen LogP contribution in [0.5, 0.6) is 34.5 Å². The largest absolute Gasteiger partial charge is 0.493 e. The number of imidazole rings is 2. The van der Waals surface area contributed by atoms with E-state index in [4.69, 9.17) is 38.4 Å². The van der Waals surface area contributed by atoms with Crippen LogP contribution in [0.2, 0.25) is 0 Å². The van der Waals surface area contributed by atoms with Crippen molar-refractivity contribution in [2.24, 2.45) is 0 Å². The van der Waals surface area contributed by atoms with E-state index in [9.17, 15) is 4.79 Å². The number of benzene rings is 4. The number of nitrogens with zero attached hydrogens (tertiary/aromatic N) is 3. The number of carbonyl (C=O) groups excluding carboxylic acids is 1. The Hall–Kier alpha value is -6.23. The third kappa shape index (κ3) is 4.79. The van der Waals surface area contributed by atoms with E-state index in [1.807, 2.05) is 71.1 Å². The maximum absolute atomic E-state index is 14.7. The molecule has 1 N–H and O–H groups in total. The fraction of sp³-hybridized carbons (Fsp3) is 0.162. The molecule has 0 radical (unpaired) electrons. The molecular formula is C37H32N4O7. The van der Waals surface area contributed by atoms with Gasteiger partial charge in [-0.15, -0.1) is 0 Å². The van der Waals surface area contributed by atoms with Crippen LogP contribution in [0.3, 0.4) is 0 Å². The molecule has 0 saturated carbocycles. The molecule has 11 heteroatoms. The number of pyridine rings is 1. The fourth-order valence-electron chi connectivity index (χ4n) is 6.13. The highest BCUT2D eigenvalue weighted by Crippen LogP contribution is 2.45. The van der Waals surface area contributed by atoms with E-state index >= 15 is 0 Å². The van der Waals surface area contributed by atoms with Gasteiger partial charge in [0.05, 0.1) is 76.0 Å². The number of carbonyl (C=O) groups is 1. The predicted molar refractivity (Wildman–Crippen MR) is 182 cm³/mol. The average Bonchev–Trinajstić information content (AvgIpc) is 3.74. The summed E-state index contributed by atoms with van der Waals surface area (Å²) in [5.74, 6) is 2.74. The number of ether oxygens (including phenoxy) is 6. The molecule has 3 heterocycles. The van der Waals surface area contributed by atoms with Crippen LogP contribution in [0.1, 0.15) is 15.9 Å². The smallest absolute Gasteiger partial charge is 0.203 e. The normalized spacial score (nSPS) is 11.2. The lowest BCUT2D eigenvalue weighted by molar-refractivity contribution is 0.103. The number of fused-ring (bicyclic) bond motifs is 4. The summed E-state index contributed by atoms with van der Waals surface area (Å²) in [5.41, 5.74) is 6.29. The molecule has 4 aromatic carbocycles. The van der Waals surface area contributed by atoms with Crippen molar-refractivity contribution in [2.75, 3.05) is 42.7 Å². The van der Waals surface area contributed by atoms with Gasteiger partial charge in [-0.25, -0.2) is 9.97 Å². The first kappa shape index (κ1) is 30.4. The van der Waals surface area contributed by atoms with Crippen molar-refractivity contribution in [3.8, 4) is 57.1 Å². The molecule has 0 bridgehead atoms. The standard InChI is InChI=1S/C37H32N4O7/c1-43-28-15-20(16-29(44-2)34(28)47-5)32-22(36-38-24-11-7-8-12-25(24)39-36)19-23(37-40-26-13-9-10-14-27(26)41(32)37)33(42)21-17-30(45-3)35(48-6)31(18-21)46-4/h7-19H,1-6H3,(H,38,39). The van der Waals surface area contributed by atoms with E-state index in [0.29, 0.717) is 73.9 Å². The molecule has 11 nitrogen and oxygen atoms in total. The minimum Gasteiger partial charge on any atom is -0.493 e. The first-order valence-corrected chi connectivity index (χ1v) is 15.0. The van der Waals surface area contributed by atoms with Gasteiger partial charge in [0.25, 0.3) is 0 Å². The molecule has 48 heavy (non-hydrogen) atoms. The minimum absolute atomic E-state index is 0.302. The van der Waals surface area contributed by atoms with Crippen molar-refractivity contribution in [1.82, 2.24) is 19.4 Å². The number of rotatable bonds is 10. The van der Waals surface area contributed by atoms with E-state index in [1.165, 1.54) is 21.3 Å². The summed E-state index contributed by atoms with van der Waals surface area (Å²) in [6.07, 6.45) is 0. The molecule has 7 aromatic rings. The van der Waals surface area contributed by atoms with Gasteiger partial charge in [-0.3, -0.25) is 9.20 Å². The van der Waals surface area contributed by atoms with Crippen LogP contribution >= 0.6 is 0 Å². The number of hydrogen-bond donors (Lipinski definition) is 1. The molecule has 242 valence electrons. The first-order valence-electron chi connectivity index (χ1n) is 15.0. The highest BCUT2D eigenvalue weighted by Gasteiger charge is 2.27. The number of methoxy groups -OCH3 is 6. The number of H-pyrrole nitrogens is 1. The summed E-state index contributed by atoms with van der Waals surface area (Å²) in [6, 6.07) is 24.3. The van der Waals surface area contributed by atoms with Gasteiger partial charge >= 0.3 is 0 Å². The van der Waals surface area contributed by atoms with Gasteiger partial charge in [-0.1, -0.05) is 24.3 Å². The van der Waals surface area contributed by atoms with Crippen molar-refractivity contribution >= 4 is 33.5 Å². The van der Waals surface area contributed by atoms with Crippen LogP contribution < -0.4 is 28.4 Å². The lowest BCUT2D eigenvalue weighted by Crippen LogP contribution is -2.09. The van der Waals surface area contributed by atoms with Gasteiger partial charge in [0.15, 0.2) is 28.8 Å². The Labute approximate surface area is 275 Å². The molecular weight excluding hydrogens is 612 g/mol. The Morgan fingerprint density at radius 1 is 0.646 bits per heavy atom. The zero-order chi connectivity index (χ0) is 33.5. The fourth-order valence-corrected chi connectivity index (χ4v) is 6.13. The summed E-state index contributed by atoms with van der Waals surface area (Å²) in [4.78, 5) is 28.1. The minimum atomic E-state index is -0.302. The van der Waals surface area contributed by atoms with E-state index in [0.717, 1.165) is 22.1 Å². The van der Waals surface area contributed by atoms with Gasteiger partial charge in [-0.05, 0) is 54.6 Å². The van der Waals surface area contributed by atoms with Crippen molar-refractivity contribution in [3.05, 3.63) is 90.0 Å². The van der Waals surface area contributed by atoms with Crippen molar-refractivity contribution in [3.63, 3.8) is 0 Å². The second-order valence-electron chi connectivity index (χ2n) is 10.8. The molecule has 0 aliphatic carbocycles. The quantitative estimate of drug-likeness (QED) is 0.157. The highest BCUT2D eigenvalue weighted by atomic mass is 16.5. The van der Waals surface area contributed by atoms with Gasteiger partial charge in [-0.2, -0.15) is 0 Å². The summed E-state index contributed by atoms with van der Waals surface area (Å²) >= 11 is 0. The van der Waals surface area contributed by atoms with Gasteiger partial charge in [0.2, 0.25) is 11.5 Å².